The van der Waals surface area contributed by atoms with Gasteiger partial charge in [-0.15, -0.1) is 0 Å². The minimum atomic E-state index is 0.166. The lowest BCUT2D eigenvalue weighted by Crippen LogP contribution is -2.25. The quantitative estimate of drug-likeness (QED) is 0.717. The molecule has 1 rings (SSSR count). The van der Waals surface area contributed by atoms with Crippen molar-refractivity contribution in [3.05, 3.63) is 18.7 Å². The first-order valence-electron chi connectivity index (χ1n) is 5.91. The van der Waals surface area contributed by atoms with Crippen molar-refractivity contribution >= 4 is 5.91 Å². The Morgan fingerprint density at radius 2 is 2.31 bits per heavy atom. The van der Waals surface area contributed by atoms with E-state index in [1.165, 1.54) is 0 Å². The topological polar surface area (TPSA) is 46.9 Å². The Kier molecular flexibility index (Phi) is 5.61. The molecule has 1 aromatic heterocycles. The van der Waals surface area contributed by atoms with E-state index in [9.17, 15) is 4.79 Å². The Balaban J connectivity index is 2.00. The van der Waals surface area contributed by atoms with Crippen molar-refractivity contribution in [1.82, 2.24) is 14.9 Å². The second-order valence-electron chi connectivity index (χ2n) is 4.44. The molecule has 0 unspecified atom stereocenters. The number of aryl methyl sites for hydroxylation is 1. The van der Waals surface area contributed by atoms with Gasteiger partial charge in [0.25, 0.3) is 0 Å². The molecule has 4 nitrogen and oxygen atoms in total. The van der Waals surface area contributed by atoms with Crippen LogP contribution in [0.15, 0.2) is 18.7 Å². The van der Waals surface area contributed by atoms with Gasteiger partial charge in [0.15, 0.2) is 0 Å². The summed E-state index contributed by atoms with van der Waals surface area (Å²) in [4.78, 5) is 15.3. The van der Waals surface area contributed by atoms with Crippen LogP contribution in [0.4, 0.5) is 0 Å². The average Bonchev–Trinajstić information content (AvgIpc) is 2.74. The second kappa shape index (κ2) is 7.04. The molecule has 0 radical (unpaired) electrons. The molecule has 1 amide bonds. The number of carbonyl (C=O) groups excluding carboxylic acids is 1. The van der Waals surface area contributed by atoms with Gasteiger partial charge in [0.2, 0.25) is 5.91 Å². The van der Waals surface area contributed by atoms with E-state index < -0.39 is 0 Å². The summed E-state index contributed by atoms with van der Waals surface area (Å²) in [6.07, 6.45) is 8.04. The van der Waals surface area contributed by atoms with Gasteiger partial charge in [-0.05, 0) is 18.8 Å². The maximum Gasteiger partial charge on any atom is 0.220 e. The molecule has 16 heavy (non-hydrogen) atoms. The maximum atomic E-state index is 11.4. The average molecular weight is 223 g/mol. The zero-order chi connectivity index (χ0) is 11.8. The number of amides is 1. The highest BCUT2D eigenvalue weighted by molar-refractivity contribution is 5.75. The third kappa shape index (κ3) is 5.53. The zero-order valence-electron chi connectivity index (χ0n) is 10.1. The van der Waals surface area contributed by atoms with Gasteiger partial charge in [-0.1, -0.05) is 13.8 Å². The van der Waals surface area contributed by atoms with E-state index in [-0.39, 0.29) is 5.91 Å². The van der Waals surface area contributed by atoms with Crippen molar-refractivity contribution in [1.29, 1.82) is 0 Å². The Morgan fingerprint density at radius 1 is 1.50 bits per heavy atom. The van der Waals surface area contributed by atoms with E-state index >= 15 is 0 Å². The number of carbonyl (C=O) groups is 1. The molecule has 0 saturated heterocycles. The first kappa shape index (κ1) is 12.7. The van der Waals surface area contributed by atoms with Crippen LogP contribution in [-0.2, 0) is 11.3 Å². The largest absolute Gasteiger partial charge is 0.356 e. The van der Waals surface area contributed by atoms with Crippen molar-refractivity contribution in [3.63, 3.8) is 0 Å². The number of hydrogen-bond acceptors (Lipinski definition) is 2. The third-order valence-corrected chi connectivity index (χ3v) is 2.42. The summed E-state index contributed by atoms with van der Waals surface area (Å²) in [7, 11) is 0. The van der Waals surface area contributed by atoms with Crippen LogP contribution in [-0.4, -0.2) is 22.0 Å². The van der Waals surface area contributed by atoms with Crippen molar-refractivity contribution in [3.8, 4) is 0 Å². The van der Waals surface area contributed by atoms with Gasteiger partial charge < -0.3 is 9.88 Å². The van der Waals surface area contributed by atoms with Crippen LogP contribution in [0.2, 0.25) is 0 Å². The lowest BCUT2D eigenvalue weighted by atomic mass is 10.1. The van der Waals surface area contributed by atoms with Gasteiger partial charge in [-0.3, -0.25) is 4.79 Å². The summed E-state index contributed by atoms with van der Waals surface area (Å²) in [5.74, 6) is 0.760. The molecule has 0 aliphatic heterocycles. The summed E-state index contributed by atoms with van der Waals surface area (Å²) in [6, 6.07) is 0. The van der Waals surface area contributed by atoms with Crippen LogP contribution < -0.4 is 5.32 Å². The molecular weight excluding hydrogens is 202 g/mol. The molecule has 90 valence electrons. The molecule has 0 aliphatic rings. The molecule has 1 aromatic rings. The van der Waals surface area contributed by atoms with Crippen molar-refractivity contribution in [2.24, 2.45) is 5.92 Å². The highest BCUT2D eigenvalue weighted by Crippen LogP contribution is 2.02. The van der Waals surface area contributed by atoms with Gasteiger partial charge in [0.1, 0.15) is 0 Å². The molecule has 0 fully saturated rings. The smallest absolute Gasteiger partial charge is 0.220 e. The monoisotopic (exact) mass is 223 g/mol. The summed E-state index contributed by atoms with van der Waals surface area (Å²) in [5, 5.41) is 2.93. The Morgan fingerprint density at radius 3 is 2.94 bits per heavy atom. The lowest BCUT2D eigenvalue weighted by molar-refractivity contribution is -0.121. The molecule has 0 atom stereocenters. The van der Waals surface area contributed by atoms with Gasteiger partial charge in [-0.2, -0.15) is 0 Å². The molecule has 0 spiro atoms. The Hall–Kier alpha value is -1.32. The summed E-state index contributed by atoms with van der Waals surface area (Å²) >= 11 is 0. The summed E-state index contributed by atoms with van der Waals surface area (Å²) in [5.41, 5.74) is 0. The van der Waals surface area contributed by atoms with Crippen LogP contribution in [0.5, 0.6) is 0 Å². The molecule has 0 bridgehead atoms. The molecule has 1 N–H and O–H groups in total. The van der Waals surface area contributed by atoms with Crippen molar-refractivity contribution < 1.29 is 4.79 Å². The first-order chi connectivity index (χ1) is 7.68. The number of rotatable bonds is 7. The highest BCUT2D eigenvalue weighted by Gasteiger charge is 2.02. The van der Waals surface area contributed by atoms with Gasteiger partial charge >= 0.3 is 0 Å². The second-order valence-corrected chi connectivity index (χ2v) is 4.44. The van der Waals surface area contributed by atoms with Crippen molar-refractivity contribution in [2.45, 2.75) is 39.7 Å². The Bertz CT molecular complexity index is 293. The van der Waals surface area contributed by atoms with E-state index in [1.54, 1.807) is 12.5 Å². The minimum Gasteiger partial charge on any atom is -0.356 e. The normalized spacial score (nSPS) is 10.7. The van der Waals surface area contributed by atoms with Crippen LogP contribution in [0, 0.1) is 5.92 Å². The van der Waals surface area contributed by atoms with Crippen LogP contribution in [0.3, 0.4) is 0 Å². The van der Waals surface area contributed by atoms with E-state index in [0.29, 0.717) is 12.3 Å². The van der Waals surface area contributed by atoms with Gasteiger partial charge in [-0.25, -0.2) is 4.98 Å². The maximum absolute atomic E-state index is 11.4. The SMILES string of the molecule is CC(C)CCC(=O)NCCCn1ccnc1. The van der Waals surface area contributed by atoms with Crippen LogP contribution >= 0.6 is 0 Å². The molecule has 0 aromatic carbocycles. The van der Waals surface area contributed by atoms with E-state index in [2.05, 4.69) is 24.1 Å². The Labute approximate surface area is 97.1 Å². The van der Waals surface area contributed by atoms with Gasteiger partial charge in [0.05, 0.1) is 6.33 Å². The summed E-state index contributed by atoms with van der Waals surface area (Å²) in [6.45, 7) is 5.91. The fraction of sp³-hybridized carbons (Fsp3) is 0.667. The number of aromatic nitrogens is 2. The first-order valence-corrected chi connectivity index (χ1v) is 5.91. The third-order valence-electron chi connectivity index (χ3n) is 2.42. The molecule has 1 heterocycles. The lowest BCUT2D eigenvalue weighted by Gasteiger charge is -2.07. The van der Waals surface area contributed by atoms with Crippen molar-refractivity contribution in [2.75, 3.05) is 6.54 Å². The predicted molar refractivity (Wildman–Crippen MR) is 63.9 cm³/mol. The highest BCUT2D eigenvalue weighted by atomic mass is 16.1. The zero-order valence-corrected chi connectivity index (χ0v) is 10.1. The molecule has 4 heteroatoms. The minimum absolute atomic E-state index is 0.166. The van der Waals surface area contributed by atoms with E-state index in [0.717, 1.165) is 25.9 Å². The van der Waals surface area contributed by atoms with E-state index in [4.69, 9.17) is 0 Å². The molecular formula is C12H21N3O. The molecule has 0 aliphatic carbocycles. The number of nitrogens with one attached hydrogen (secondary N) is 1. The van der Waals surface area contributed by atoms with Crippen LogP contribution in [0.25, 0.3) is 0 Å². The standard InChI is InChI=1S/C12H21N3O/c1-11(2)4-5-12(16)14-6-3-8-15-9-7-13-10-15/h7,9-11H,3-6,8H2,1-2H3,(H,14,16). The summed E-state index contributed by atoms with van der Waals surface area (Å²) < 4.78 is 2.01. The van der Waals surface area contributed by atoms with Crippen LogP contribution in [0.1, 0.15) is 33.1 Å². The van der Waals surface area contributed by atoms with E-state index in [1.807, 2.05) is 10.8 Å². The fourth-order valence-corrected chi connectivity index (χ4v) is 1.42. The predicted octanol–water partition coefficient (Wildman–Crippen LogP) is 1.83. The van der Waals surface area contributed by atoms with Gasteiger partial charge in [0, 0.05) is 31.9 Å². The molecule has 0 saturated carbocycles. The number of imidazole rings is 1. The number of hydrogen-bond donors (Lipinski definition) is 1. The fourth-order valence-electron chi connectivity index (χ4n) is 1.42. The number of nitrogens with zero attached hydrogens (tertiary/aromatic N) is 2.